The number of anilines is 1. The average Bonchev–Trinajstić information content (AvgIpc) is 3.04. The van der Waals surface area contributed by atoms with Gasteiger partial charge in [-0.25, -0.2) is 14.6 Å². The Morgan fingerprint density at radius 3 is 2.44 bits per heavy atom. The normalized spacial score (nSPS) is 21.3. The largest absolute Gasteiger partial charge is 0.367 e. The molecule has 2 aliphatic rings. The molecule has 0 spiro atoms. The first-order chi connectivity index (χ1) is 15.5. The maximum absolute atomic E-state index is 12.3. The smallest absolute Gasteiger partial charge is 0.223 e. The van der Waals surface area contributed by atoms with Gasteiger partial charge in [0.15, 0.2) is 5.65 Å². The van der Waals surface area contributed by atoms with E-state index in [2.05, 4.69) is 15.6 Å². The van der Waals surface area contributed by atoms with E-state index in [1.54, 1.807) is 4.68 Å². The van der Waals surface area contributed by atoms with E-state index in [9.17, 15) is 4.79 Å². The van der Waals surface area contributed by atoms with Gasteiger partial charge < -0.3 is 10.6 Å². The molecule has 2 aliphatic carbocycles. The second-order valence-corrected chi connectivity index (χ2v) is 9.50. The number of amides is 1. The first-order valence-electron chi connectivity index (χ1n) is 11.6. The molecule has 0 atom stereocenters. The van der Waals surface area contributed by atoms with Gasteiger partial charge in [0.2, 0.25) is 5.91 Å². The molecule has 0 saturated heterocycles. The molecule has 3 aromatic rings. The van der Waals surface area contributed by atoms with Crippen molar-refractivity contribution in [3.8, 4) is 5.69 Å². The van der Waals surface area contributed by atoms with Gasteiger partial charge in [0, 0.05) is 18.0 Å². The Bertz CT molecular complexity index is 1150. The minimum atomic E-state index is 0.251. The summed E-state index contributed by atoms with van der Waals surface area (Å²) in [5, 5.41) is 13.2. The number of para-hydroxylation sites is 1. The van der Waals surface area contributed by atoms with E-state index in [0.29, 0.717) is 16.9 Å². The lowest BCUT2D eigenvalue weighted by atomic mass is 9.84. The number of fused-ring (bicyclic) bond motifs is 1. The van der Waals surface area contributed by atoms with Crippen LogP contribution in [0.1, 0.15) is 56.5 Å². The molecule has 5 rings (SSSR count). The number of nitrogens with one attached hydrogen (secondary N) is 2. The molecule has 0 unspecified atom stereocenters. The highest BCUT2D eigenvalue weighted by molar-refractivity contribution is 6.32. The van der Waals surface area contributed by atoms with Gasteiger partial charge in [-0.15, -0.1) is 0 Å². The van der Waals surface area contributed by atoms with Gasteiger partial charge >= 0.3 is 0 Å². The summed E-state index contributed by atoms with van der Waals surface area (Å²) in [4.78, 5) is 21.7. The van der Waals surface area contributed by atoms with Crippen LogP contribution in [0.4, 0.5) is 5.82 Å². The molecule has 8 heteroatoms. The van der Waals surface area contributed by atoms with E-state index in [0.717, 1.165) is 66.8 Å². The number of nitrogens with zero attached hydrogens (tertiary/aromatic N) is 4. The summed E-state index contributed by atoms with van der Waals surface area (Å²) >= 11 is 6.44. The van der Waals surface area contributed by atoms with Gasteiger partial charge in [-0.2, -0.15) is 5.10 Å². The molecule has 168 valence electrons. The van der Waals surface area contributed by atoms with Crippen molar-refractivity contribution in [2.24, 2.45) is 5.92 Å². The summed E-state index contributed by atoms with van der Waals surface area (Å²) in [6.45, 7) is 3.88. The lowest BCUT2D eigenvalue weighted by Crippen LogP contribution is -2.44. The number of hydrogen-bond donors (Lipinski definition) is 2. The molecule has 2 heterocycles. The zero-order valence-corrected chi connectivity index (χ0v) is 19.3. The van der Waals surface area contributed by atoms with Crippen LogP contribution >= 0.6 is 11.6 Å². The minimum Gasteiger partial charge on any atom is -0.367 e. The van der Waals surface area contributed by atoms with E-state index < -0.39 is 0 Å². The van der Waals surface area contributed by atoms with Crippen LogP contribution in [-0.2, 0) is 4.79 Å². The van der Waals surface area contributed by atoms with Crippen molar-refractivity contribution in [3.63, 3.8) is 0 Å². The Balaban J connectivity index is 1.34. The Morgan fingerprint density at radius 2 is 1.75 bits per heavy atom. The lowest BCUT2D eigenvalue weighted by Gasteiger charge is -2.32. The van der Waals surface area contributed by atoms with Gasteiger partial charge in [0.25, 0.3) is 0 Å². The number of aromatic nitrogens is 4. The minimum absolute atomic E-state index is 0.251. The van der Waals surface area contributed by atoms with Crippen LogP contribution in [0.3, 0.4) is 0 Å². The number of rotatable bonds is 5. The van der Waals surface area contributed by atoms with Crippen LogP contribution in [0.2, 0.25) is 5.02 Å². The topological polar surface area (TPSA) is 84.7 Å². The summed E-state index contributed by atoms with van der Waals surface area (Å²) < 4.78 is 1.81. The molecule has 0 aliphatic heterocycles. The summed E-state index contributed by atoms with van der Waals surface area (Å²) in [5.41, 5.74) is 2.43. The van der Waals surface area contributed by atoms with Gasteiger partial charge in [0.05, 0.1) is 21.8 Å². The second kappa shape index (κ2) is 8.70. The van der Waals surface area contributed by atoms with Gasteiger partial charge in [0.1, 0.15) is 11.6 Å². The standard InChI is InChI=1S/C24H29ClN6O/c1-14-21-22(28-17-10-12-18(13-11-17)29-24(32)16-6-5-7-16)26-15(2)27-23(21)31(30-14)20-9-4-3-8-19(20)25/h3-4,8-9,16-18H,5-7,10-13H2,1-2H3,(H,29,32)(H,26,27,28). The molecule has 1 aromatic carbocycles. The predicted octanol–water partition coefficient (Wildman–Crippen LogP) is 4.73. The van der Waals surface area contributed by atoms with Crippen LogP contribution in [0.15, 0.2) is 24.3 Å². The fraction of sp³-hybridized carbons (Fsp3) is 0.500. The molecule has 32 heavy (non-hydrogen) atoms. The van der Waals surface area contributed by atoms with Crippen LogP contribution in [0.5, 0.6) is 0 Å². The molecule has 0 bridgehead atoms. The number of halogens is 1. The van der Waals surface area contributed by atoms with Gasteiger partial charge in [-0.05, 0) is 64.5 Å². The Hall–Kier alpha value is -2.67. The molecule has 2 saturated carbocycles. The highest BCUT2D eigenvalue weighted by Gasteiger charge is 2.29. The van der Waals surface area contributed by atoms with Crippen molar-refractivity contribution in [1.29, 1.82) is 0 Å². The summed E-state index contributed by atoms with van der Waals surface area (Å²) in [5.74, 6) is 2.02. The van der Waals surface area contributed by atoms with Crippen LogP contribution < -0.4 is 10.6 Å². The number of benzene rings is 1. The predicted molar refractivity (Wildman–Crippen MR) is 126 cm³/mol. The number of carbonyl (C=O) groups excluding carboxylic acids is 1. The summed E-state index contributed by atoms with van der Waals surface area (Å²) in [6, 6.07) is 8.25. The van der Waals surface area contributed by atoms with Gasteiger partial charge in [-0.3, -0.25) is 4.79 Å². The van der Waals surface area contributed by atoms with Crippen LogP contribution in [0.25, 0.3) is 16.7 Å². The molecule has 1 amide bonds. The third-order valence-corrected chi connectivity index (χ3v) is 7.10. The number of hydrogen-bond acceptors (Lipinski definition) is 5. The molecule has 7 nitrogen and oxygen atoms in total. The maximum atomic E-state index is 12.3. The molecule has 2 aromatic heterocycles. The Labute approximate surface area is 193 Å². The highest BCUT2D eigenvalue weighted by Crippen LogP contribution is 2.31. The fourth-order valence-corrected chi connectivity index (χ4v) is 4.97. The SMILES string of the molecule is Cc1nc(NC2CCC(NC(=O)C3CCC3)CC2)c2c(C)nn(-c3ccccc3Cl)c2n1. The molecule has 2 N–H and O–H groups in total. The molecular weight excluding hydrogens is 424 g/mol. The monoisotopic (exact) mass is 452 g/mol. The van der Waals surface area contributed by atoms with E-state index in [1.807, 2.05) is 38.1 Å². The van der Waals surface area contributed by atoms with Gasteiger partial charge in [-0.1, -0.05) is 30.2 Å². The van der Waals surface area contributed by atoms with Crippen LogP contribution in [0, 0.1) is 19.8 Å². The Kier molecular flexibility index (Phi) is 5.76. The van der Waals surface area contributed by atoms with E-state index in [4.69, 9.17) is 21.7 Å². The summed E-state index contributed by atoms with van der Waals surface area (Å²) in [7, 11) is 0. The van der Waals surface area contributed by atoms with Crippen molar-refractivity contribution < 1.29 is 4.79 Å². The maximum Gasteiger partial charge on any atom is 0.223 e. The van der Waals surface area contributed by atoms with Crippen molar-refractivity contribution in [3.05, 3.63) is 40.8 Å². The summed E-state index contributed by atoms with van der Waals surface area (Å²) in [6.07, 6.45) is 7.26. The first kappa shape index (κ1) is 21.2. The third-order valence-electron chi connectivity index (χ3n) is 6.79. The second-order valence-electron chi connectivity index (χ2n) is 9.10. The lowest BCUT2D eigenvalue weighted by molar-refractivity contribution is -0.128. The van der Waals surface area contributed by atoms with Crippen molar-refractivity contribution in [2.75, 3.05) is 5.32 Å². The third kappa shape index (κ3) is 4.06. The molecular formula is C24H29ClN6O. The zero-order chi connectivity index (χ0) is 22.2. The first-order valence-corrected chi connectivity index (χ1v) is 11.9. The van der Waals surface area contributed by atoms with E-state index in [1.165, 1.54) is 6.42 Å². The number of carbonyl (C=O) groups is 1. The molecule has 0 radical (unpaired) electrons. The average molecular weight is 453 g/mol. The quantitative estimate of drug-likeness (QED) is 0.584. The van der Waals surface area contributed by atoms with Crippen molar-refractivity contribution in [2.45, 2.75) is 70.9 Å². The fourth-order valence-electron chi connectivity index (χ4n) is 4.75. The molecule has 2 fully saturated rings. The van der Waals surface area contributed by atoms with Crippen molar-refractivity contribution in [1.82, 2.24) is 25.1 Å². The van der Waals surface area contributed by atoms with E-state index in [-0.39, 0.29) is 17.9 Å². The zero-order valence-electron chi connectivity index (χ0n) is 18.6. The highest BCUT2D eigenvalue weighted by atomic mass is 35.5. The van der Waals surface area contributed by atoms with Crippen LogP contribution in [-0.4, -0.2) is 37.7 Å². The van der Waals surface area contributed by atoms with Crippen molar-refractivity contribution >= 4 is 34.4 Å². The van der Waals surface area contributed by atoms with E-state index >= 15 is 0 Å². The number of aryl methyl sites for hydroxylation is 2. The Morgan fingerprint density at radius 1 is 1.03 bits per heavy atom.